The zero-order chi connectivity index (χ0) is 18.5. The number of halogens is 1. The third kappa shape index (κ3) is 4.22. The molecule has 0 amide bonds. The molecule has 0 atom stereocenters. The zero-order valence-electron chi connectivity index (χ0n) is 13.5. The Morgan fingerprint density at radius 3 is 2.31 bits per heavy atom. The first-order chi connectivity index (χ1) is 12.6. The Bertz CT molecular complexity index is 920. The van der Waals surface area contributed by atoms with Gasteiger partial charge in [0.05, 0.1) is 12.0 Å². The first-order valence-electron chi connectivity index (χ1n) is 7.31. The summed E-state index contributed by atoms with van der Waals surface area (Å²) < 4.78 is 10.7. The molecule has 9 heteroatoms. The van der Waals surface area contributed by atoms with E-state index in [4.69, 9.17) is 21.1 Å². The highest BCUT2D eigenvalue weighted by Gasteiger charge is 2.25. The van der Waals surface area contributed by atoms with E-state index in [0.29, 0.717) is 16.5 Å². The van der Waals surface area contributed by atoms with Crippen molar-refractivity contribution in [2.45, 2.75) is 9.92 Å². The van der Waals surface area contributed by atoms with Crippen LogP contribution in [-0.4, -0.2) is 22.0 Å². The summed E-state index contributed by atoms with van der Waals surface area (Å²) in [6.07, 6.45) is 1.23. The lowest BCUT2D eigenvalue weighted by Crippen LogP contribution is -2.00. The van der Waals surface area contributed by atoms with Gasteiger partial charge in [-0.15, -0.1) is 0 Å². The lowest BCUT2D eigenvalue weighted by atomic mass is 10.3. The van der Waals surface area contributed by atoms with Gasteiger partial charge >= 0.3 is 11.6 Å². The minimum absolute atomic E-state index is 0.133. The second kappa shape index (κ2) is 8.03. The van der Waals surface area contributed by atoms with Crippen LogP contribution >= 0.6 is 23.4 Å². The van der Waals surface area contributed by atoms with E-state index in [2.05, 4.69) is 9.97 Å². The molecule has 26 heavy (non-hydrogen) atoms. The van der Waals surface area contributed by atoms with E-state index in [-0.39, 0.29) is 16.6 Å². The maximum atomic E-state index is 11.6. The van der Waals surface area contributed by atoms with Crippen LogP contribution in [0.2, 0.25) is 5.02 Å². The number of nitro groups is 1. The van der Waals surface area contributed by atoms with E-state index in [0.717, 1.165) is 16.7 Å². The van der Waals surface area contributed by atoms with Crippen molar-refractivity contribution in [2.24, 2.45) is 0 Å². The van der Waals surface area contributed by atoms with Gasteiger partial charge < -0.3 is 9.47 Å². The van der Waals surface area contributed by atoms with Gasteiger partial charge in [-0.3, -0.25) is 10.1 Å². The van der Waals surface area contributed by atoms with Crippen LogP contribution in [0.5, 0.6) is 17.4 Å². The summed E-state index contributed by atoms with van der Waals surface area (Å²) in [5.41, 5.74) is -0.303. The molecule has 0 fully saturated rings. The molecule has 132 valence electrons. The van der Waals surface area contributed by atoms with E-state index in [1.165, 1.54) is 6.33 Å². The van der Waals surface area contributed by atoms with Gasteiger partial charge in [0.2, 0.25) is 0 Å². The largest absolute Gasteiger partial charge is 0.497 e. The Balaban J connectivity index is 1.92. The minimum atomic E-state index is -0.558. The molecule has 0 bridgehead atoms. The molecule has 3 aromatic rings. The molecule has 0 saturated carbocycles. The summed E-state index contributed by atoms with van der Waals surface area (Å²) in [7, 11) is 1.55. The van der Waals surface area contributed by atoms with Gasteiger partial charge in [0, 0.05) is 9.92 Å². The van der Waals surface area contributed by atoms with Crippen molar-refractivity contribution >= 4 is 29.1 Å². The lowest BCUT2D eigenvalue weighted by molar-refractivity contribution is -0.389. The van der Waals surface area contributed by atoms with E-state index in [9.17, 15) is 10.1 Å². The van der Waals surface area contributed by atoms with Crippen LogP contribution in [0.1, 0.15) is 0 Å². The molecule has 3 rings (SSSR count). The van der Waals surface area contributed by atoms with Crippen molar-refractivity contribution in [3.8, 4) is 17.4 Å². The van der Waals surface area contributed by atoms with Crippen molar-refractivity contribution in [2.75, 3.05) is 7.11 Å². The summed E-state index contributed by atoms with van der Waals surface area (Å²) in [6, 6.07) is 13.5. The fraction of sp³-hybridized carbons (Fsp3) is 0.0588. The van der Waals surface area contributed by atoms with Gasteiger partial charge in [-0.1, -0.05) is 23.4 Å². The molecule has 0 spiro atoms. The monoisotopic (exact) mass is 389 g/mol. The van der Waals surface area contributed by atoms with Gasteiger partial charge in [0.1, 0.15) is 17.8 Å². The lowest BCUT2D eigenvalue weighted by Gasteiger charge is -2.08. The van der Waals surface area contributed by atoms with Crippen LogP contribution in [0.3, 0.4) is 0 Å². The first-order valence-corrected chi connectivity index (χ1v) is 8.51. The third-order valence-corrected chi connectivity index (χ3v) is 4.49. The molecule has 7 nitrogen and oxygen atoms in total. The molecule has 0 saturated heterocycles. The number of hydrogen-bond donors (Lipinski definition) is 0. The molecule has 0 unspecified atom stereocenters. The van der Waals surface area contributed by atoms with Crippen molar-refractivity contribution in [1.29, 1.82) is 0 Å². The predicted molar refractivity (Wildman–Crippen MR) is 97.3 cm³/mol. The smallest absolute Gasteiger partial charge is 0.363 e. The van der Waals surface area contributed by atoms with Crippen molar-refractivity contribution in [3.05, 3.63) is 70.0 Å². The third-order valence-electron chi connectivity index (χ3n) is 3.24. The van der Waals surface area contributed by atoms with Crippen molar-refractivity contribution in [3.63, 3.8) is 0 Å². The molecule has 0 N–H and O–H groups in total. The van der Waals surface area contributed by atoms with Crippen molar-refractivity contribution < 1.29 is 14.4 Å². The van der Waals surface area contributed by atoms with E-state index >= 15 is 0 Å². The summed E-state index contributed by atoms with van der Waals surface area (Å²) in [4.78, 5) is 19.7. The van der Waals surface area contributed by atoms with Crippen LogP contribution < -0.4 is 9.47 Å². The quantitative estimate of drug-likeness (QED) is 0.333. The van der Waals surface area contributed by atoms with Gasteiger partial charge in [0.25, 0.3) is 0 Å². The van der Waals surface area contributed by atoms with Crippen LogP contribution in [0, 0.1) is 10.1 Å². The molecule has 2 aromatic carbocycles. The average molecular weight is 390 g/mol. The van der Waals surface area contributed by atoms with E-state index in [1.807, 2.05) is 0 Å². The summed E-state index contributed by atoms with van der Waals surface area (Å²) in [5, 5.41) is 12.3. The number of hydrogen-bond acceptors (Lipinski definition) is 7. The Morgan fingerprint density at radius 1 is 1.04 bits per heavy atom. The van der Waals surface area contributed by atoms with E-state index < -0.39 is 4.92 Å². The number of benzene rings is 2. The van der Waals surface area contributed by atoms with E-state index in [1.54, 1.807) is 55.6 Å². The highest BCUT2D eigenvalue weighted by molar-refractivity contribution is 7.99. The first kappa shape index (κ1) is 18.0. The number of nitrogens with zero attached hydrogens (tertiary/aromatic N) is 3. The summed E-state index contributed by atoms with van der Waals surface area (Å²) >= 11 is 6.99. The maximum absolute atomic E-state index is 11.6. The molecule has 1 heterocycles. The Labute approximate surface area is 158 Å². The van der Waals surface area contributed by atoms with Crippen LogP contribution in [0.4, 0.5) is 5.69 Å². The highest BCUT2D eigenvalue weighted by Crippen LogP contribution is 2.39. The van der Waals surface area contributed by atoms with Crippen molar-refractivity contribution in [1.82, 2.24) is 9.97 Å². The van der Waals surface area contributed by atoms with Gasteiger partial charge in [-0.25, -0.2) is 4.98 Å². The van der Waals surface area contributed by atoms with Crippen LogP contribution in [-0.2, 0) is 0 Å². The predicted octanol–water partition coefficient (Wildman–Crippen LogP) is 4.99. The number of aromatic nitrogens is 2. The molecule has 0 aliphatic rings. The fourth-order valence-electron chi connectivity index (χ4n) is 2.02. The number of rotatable bonds is 6. The molecule has 1 aromatic heterocycles. The Hall–Kier alpha value is -2.84. The SMILES string of the molecule is COc1ccc(Oc2ncnc(Sc3ccc(Cl)cc3)c2[N+](=O)[O-])cc1. The Morgan fingerprint density at radius 2 is 1.69 bits per heavy atom. The second-order valence-corrected chi connectivity index (χ2v) is 6.42. The number of methoxy groups -OCH3 is 1. The fourth-order valence-corrected chi connectivity index (χ4v) is 3.00. The zero-order valence-corrected chi connectivity index (χ0v) is 15.0. The van der Waals surface area contributed by atoms with Gasteiger partial charge in [-0.05, 0) is 48.5 Å². The summed E-state index contributed by atoms with van der Waals surface area (Å²) in [6.45, 7) is 0. The number of ether oxygens (including phenoxy) is 2. The van der Waals surface area contributed by atoms with Crippen LogP contribution in [0.25, 0.3) is 0 Å². The molecular weight excluding hydrogens is 378 g/mol. The van der Waals surface area contributed by atoms with Crippen LogP contribution in [0.15, 0.2) is 64.8 Å². The average Bonchev–Trinajstić information content (AvgIpc) is 2.64. The highest BCUT2D eigenvalue weighted by atomic mass is 35.5. The molecule has 0 radical (unpaired) electrons. The maximum Gasteiger partial charge on any atom is 0.363 e. The molecule has 0 aliphatic heterocycles. The minimum Gasteiger partial charge on any atom is -0.497 e. The van der Waals surface area contributed by atoms with Gasteiger partial charge in [-0.2, -0.15) is 4.98 Å². The topological polar surface area (TPSA) is 87.4 Å². The normalized spacial score (nSPS) is 10.4. The summed E-state index contributed by atoms with van der Waals surface area (Å²) in [5.74, 6) is 0.912. The van der Waals surface area contributed by atoms with Gasteiger partial charge in [0.15, 0.2) is 5.03 Å². The standard InChI is InChI=1S/C17H12ClN3O4S/c1-24-12-4-6-13(7-5-12)25-16-15(21(22)23)17(20-10-19-16)26-14-8-2-11(18)3-9-14/h2-10H,1H3. The Kier molecular flexibility index (Phi) is 5.55. The second-order valence-electron chi connectivity index (χ2n) is 4.92. The molecule has 0 aliphatic carbocycles. The molecular formula is C17H12ClN3O4S.